The Kier molecular flexibility index (Phi) is 3.23. The molecule has 0 radical (unpaired) electrons. The number of anilines is 1. The Morgan fingerprint density at radius 1 is 0.870 bits per heavy atom. The molecular formula is C18H15NO3S. The summed E-state index contributed by atoms with van der Waals surface area (Å²) in [6.07, 6.45) is 0.849. The monoisotopic (exact) mass is 325 g/mol. The van der Waals surface area contributed by atoms with Gasteiger partial charge in [0, 0.05) is 17.4 Å². The van der Waals surface area contributed by atoms with Gasteiger partial charge in [0.2, 0.25) is 0 Å². The first-order valence-electron chi connectivity index (χ1n) is 7.40. The SMILES string of the molecule is O=S(=O)(Nc1cccc2c3c(ccc12)OCC3)c1ccccc1. The highest BCUT2D eigenvalue weighted by atomic mass is 32.2. The van der Waals surface area contributed by atoms with E-state index in [-0.39, 0.29) is 4.90 Å². The topological polar surface area (TPSA) is 55.4 Å². The third-order valence-corrected chi connectivity index (χ3v) is 5.42. The minimum atomic E-state index is -3.60. The van der Waals surface area contributed by atoms with E-state index in [0.29, 0.717) is 12.3 Å². The molecule has 0 bridgehead atoms. The molecule has 1 aliphatic heterocycles. The van der Waals surface area contributed by atoms with Crippen LogP contribution < -0.4 is 9.46 Å². The van der Waals surface area contributed by atoms with E-state index >= 15 is 0 Å². The fraction of sp³-hybridized carbons (Fsp3) is 0.111. The maximum Gasteiger partial charge on any atom is 0.261 e. The molecule has 0 saturated carbocycles. The molecule has 1 aliphatic rings. The molecule has 1 N–H and O–H groups in total. The normalized spacial score (nSPS) is 13.6. The van der Waals surface area contributed by atoms with E-state index in [2.05, 4.69) is 4.72 Å². The van der Waals surface area contributed by atoms with Gasteiger partial charge in [-0.25, -0.2) is 8.42 Å². The molecule has 4 nitrogen and oxygen atoms in total. The Morgan fingerprint density at radius 2 is 1.70 bits per heavy atom. The molecular weight excluding hydrogens is 310 g/mol. The van der Waals surface area contributed by atoms with Crippen molar-refractivity contribution in [3.63, 3.8) is 0 Å². The van der Waals surface area contributed by atoms with Crippen LogP contribution in [-0.2, 0) is 16.4 Å². The van der Waals surface area contributed by atoms with Crippen molar-refractivity contribution in [2.24, 2.45) is 0 Å². The van der Waals surface area contributed by atoms with Gasteiger partial charge in [-0.2, -0.15) is 0 Å². The second kappa shape index (κ2) is 5.28. The first kappa shape index (κ1) is 14.1. The van der Waals surface area contributed by atoms with Crippen LogP contribution in [0.5, 0.6) is 5.75 Å². The predicted molar refractivity (Wildman–Crippen MR) is 90.4 cm³/mol. The first-order chi connectivity index (χ1) is 11.1. The van der Waals surface area contributed by atoms with Gasteiger partial charge in [0.05, 0.1) is 17.2 Å². The molecule has 5 heteroatoms. The Balaban J connectivity index is 1.81. The van der Waals surface area contributed by atoms with Crippen LogP contribution in [0.1, 0.15) is 5.56 Å². The van der Waals surface area contributed by atoms with Crippen LogP contribution >= 0.6 is 0 Å². The number of benzene rings is 3. The number of rotatable bonds is 3. The van der Waals surface area contributed by atoms with Gasteiger partial charge in [0.1, 0.15) is 5.75 Å². The summed E-state index contributed by atoms with van der Waals surface area (Å²) in [6.45, 7) is 0.675. The number of hydrogen-bond donors (Lipinski definition) is 1. The van der Waals surface area contributed by atoms with E-state index in [1.165, 1.54) is 0 Å². The predicted octanol–water partition coefficient (Wildman–Crippen LogP) is 3.58. The van der Waals surface area contributed by atoms with Gasteiger partial charge in [0.15, 0.2) is 0 Å². The van der Waals surface area contributed by atoms with E-state index in [9.17, 15) is 8.42 Å². The van der Waals surface area contributed by atoms with Crippen LogP contribution in [0.3, 0.4) is 0 Å². The van der Waals surface area contributed by atoms with Crippen LogP contribution in [0, 0.1) is 0 Å². The molecule has 0 amide bonds. The van der Waals surface area contributed by atoms with Crippen molar-refractivity contribution in [3.8, 4) is 5.75 Å². The second-order valence-corrected chi connectivity index (χ2v) is 7.14. The Hall–Kier alpha value is -2.53. The maximum atomic E-state index is 12.5. The fourth-order valence-corrected chi connectivity index (χ4v) is 4.05. The van der Waals surface area contributed by atoms with E-state index in [0.717, 1.165) is 28.5 Å². The van der Waals surface area contributed by atoms with Crippen molar-refractivity contribution in [1.82, 2.24) is 0 Å². The summed E-state index contributed by atoms with van der Waals surface area (Å²) in [6, 6.07) is 17.8. The zero-order chi connectivity index (χ0) is 15.9. The molecule has 116 valence electrons. The summed E-state index contributed by atoms with van der Waals surface area (Å²) >= 11 is 0. The lowest BCUT2D eigenvalue weighted by atomic mass is 10.0. The molecule has 3 aromatic carbocycles. The largest absolute Gasteiger partial charge is 0.493 e. The fourth-order valence-electron chi connectivity index (χ4n) is 2.95. The van der Waals surface area contributed by atoms with E-state index in [1.807, 2.05) is 24.3 Å². The van der Waals surface area contributed by atoms with Crippen LogP contribution in [0.15, 0.2) is 65.6 Å². The summed E-state index contributed by atoms with van der Waals surface area (Å²) in [4.78, 5) is 0.251. The van der Waals surface area contributed by atoms with Crippen LogP contribution in [0.4, 0.5) is 5.69 Å². The number of hydrogen-bond acceptors (Lipinski definition) is 3. The van der Waals surface area contributed by atoms with Crippen LogP contribution in [0.2, 0.25) is 0 Å². The zero-order valence-electron chi connectivity index (χ0n) is 12.3. The Bertz CT molecular complexity index is 982. The van der Waals surface area contributed by atoms with Crippen LogP contribution in [-0.4, -0.2) is 15.0 Å². The number of ether oxygens (including phenoxy) is 1. The van der Waals surface area contributed by atoms with Gasteiger partial charge in [-0.05, 0) is 35.7 Å². The van der Waals surface area contributed by atoms with E-state index < -0.39 is 10.0 Å². The highest BCUT2D eigenvalue weighted by molar-refractivity contribution is 7.92. The third-order valence-electron chi connectivity index (χ3n) is 4.04. The molecule has 23 heavy (non-hydrogen) atoms. The zero-order valence-corrected chi connectivity index (χ0v) is 13.1. The standard InChI is InChI=1S/C18H15NO3S/c20-23(21,13-5-2-1-3-6-13)19-17-8-4-7-14-15(17)9-10-18-16(14)11-12-22-18/h1-10,19H,11-12H2. The van der Waals surface area contributed by atoms with Crippen molar-refractivity contribution >= 4 is 26.5 Å². The molecule has 0 unspecified atom stereocenters. The molecule has 0 spiro atoms. The van der Waals surface area contributed by atoms with Crippen molar-refractivity contribution in [2.75, 3.05) is 11.3 Å². The number of nitrogens with one attached hydrogen (secondary N) is 1. The molecule has 0 aromatic heterocycles. The van der Waals surface area contributed by atoms with Gasteiger partial charge in [-0.3, -0.25) is 4.72 Å². The van der Waals surface area contributed by atoms with Gasteiger partial charge in [-0.15, -0.1) is 0 Å². The average Bonchev–Trinajstić information content (AvgIpc) is 3.05. The summed E-state index contributed by atoms with van der Waals surface area (Å²) in [5.41, 5.74) is 1.73. The molecule has 0 saturated heterocycles. The van der Waals surface area contributed by atoms with Crippen molar-refractivity contribution in [1.29, 1.82) is 0 Å². The lowest BCUT2D eigenvalue weighted by Gasteiger charge is -2.12. The van der Waals surface area contributed by atoms with Crippen molar-refractivity contribution in [2.45, 2.75) is 11.3 Å². The Morgan fingerprint density at radius 3 is 2.52 bits per heavy atom. The first-order valence-corrected chi connectivity index (χ1v) is 8.89. The van der Waals surface area contributed by atoms with E-state index in [1.54, 1.807) is 36.4 Å². The highest BCUT2D eigenvalue weighted by Crippen LogP contribution is 2.36. The number of sulfonamides is 1. The molecule has 4 rings (SSSR count). The summed E-state index contributed by atoms with van der Waals surface area (Å²) in [5.74, 6) is 0.889. The van der Waals surface area contributed by atoms with Gasteiger partial charge < -0.3 is 4.74 Å². The molecule has 0 aliphatic carbocycles. The third kappa shape index (κ3) is 2.43. The minimum absolute atomic E-state index is 0.251. The summed E-state index contributed by atoms with van der Waals surface area (Å²) in [5, 5.41) is 1.92. The van der Waals surface area contributed by atoms with Crippen molar-refractivity contribution < 1.29 is 13.2 Å². The second-order valence-electron chi connectivity index (χ2n) is 5.46. The maximum absolute atomic E-state index is 12.5. The summed E-state index contributed by atoms with van der Waals surface area (Å²) in [7, 11) is -3.60. The lowest BCUT2D eigenvalue weighted by molar-refractivity contribution is 0.357. The van der Waals surface area contributed by atoms with Gasteiger partial charge >= 0.3 is 0 Å². The lowest BCUT2D eigenvalue weighted by Crippen LogP contribution is -2.13. The summed E-state index contributed by atoms with van der Waals surface area (Å²) < 4.78 is 33.4. The van der Waals surface area contributed by atoms with Gasteiger partial charge in [-0.1, -0.05) is 30.3 Å². The molecule has 0 atom stereocenters. The number of fused-ring (bicyclic) bond motifs is 3. The molecule has 1 heterocycles. The highest BCUT2D eigenvalue weighted by Gasteiger charge is 2.19. The van der Waals surface area contributed by atoms with Crippen LogP contribution in [0.25, 0.3) is 10.8 Å². The Labute approximate surface area is 134 Å². The molecule has 3 aromatic rings. The average molecular weight is 325 g/mol. The van der Waals surface area contributed by atoms with E-state index in [4.69, 9.17) is 4.74 Å². The molecule has 0 fully saturated rings. The van der Waals surface area contributed by atoms with Gasteiger partial charge in [0.25, 0.3) is 10.0 Å². The quantitative estimate of drug-likeness (QED) is 0.801. The smallest absolute Gasteiger partial charge is 0.261 e. The minimum Gasteiger partial charge on any atom is -0.493 e. The van der Waals surface area contributed by atoms with Crippen molar-refractivity contribution in [3.05, 3.63) is 66.2 Å².